The fourth-order valence-corrected chi connectivity index (χ4v) is 4.76. The molecular weight excluding hydrogens is 475 g/mol. The highest BCUT2D eigenvalue weighted by Gasteiger charge is 2.19. The molecule has 0 radical (unpaired) electrons. The number of benzene rings is 2. The molecule has 174 valence electrons. The van der Waals surface area contributed by atoms with E-state index in [4.69, 9.17) is 11.6 Å². The van der Waals surface area contributed by atoms with Gasteiger partial charge in [-0.25, -0.2) is 9.18 Å². The number of carboxylic acids is 1. The number of hydrogen-bond donors (Lipinski definition) is 1. The molecule has 0 aliphatic heterocycles. The number of carbonyl (C=O) groups is 1. The summed E-state index contributed by atoms with van der Waals surface area (Å²) < 4.78 is 17.2. The van der Waals surface area contributed by atoms with Crippen LogP contribution in [0.3, 0.4) is 0 Å². The lowest BCUT2D eigenvalue weighted by Gasteiger charge is -2.10. The summed E-state index contributed by atoms with van der Waals surface area (Å²) in [4.78, 5) is 12.2. The molecule has 0 aliphatic rings. The summed E-state index contributed by atoms with van der Waals surface area (Å²) in [6.45, 7) is 6.35. The Morgan fingerprint density at radius 3 is 2.41 bits per heavy atom. The van der Waals surface area contributed by atoms with Crippen LogP contribution in [0, 0.1) is 19.7 Å². The SMILES string of the molecule is CCn1c(S/C(=C\c2cc(C)n(-c3ccc(F)cc3)c2C)C(=O)O)nnc1-c1ccc(Cl)cc1. The van der Waals surface area contributed by atoms with E-state index in [-0.39, 0.29) is 10.7 Å². The maximum atomic E-state index is 13.4. The van der Waals surface area contributed by atoms with Crippen LogP contribution in [-0.4, -0.2) is 30.4 Å². The van der Waals surface area contributed by atoms with Crippen LogP contribution in [0.25, 0.3) is 23.2 Å². The maximum Gasteiger partial charge on any atom is 0.342 e. The van der Waals surface area contributed by atoms with E-state index in [0.717, 1.165) is 40.0 Å². The minimum atomic E-state index is -1.06. The predicted molar refractivity (Wildman–Crippen MR) is 133 cm³/mol. The molecule has 9 heteroatoms. The topological polar surface area (TPSA) is 72.9 Å². The molecule has 1 N–H and O–H groups in total. The quantitative estimate of drug-likeness (QED) is 0.237. The Labute approximate surface area is 205 Å². The third-order valence-electron chi connectivity index (χ3n) is 5.39. The number of aryl methyl sites for hydroxylation is 1. The number of rotatable bonds is 7. The molecular formula is C25H22ClFN4O2S. The van der Waals surface area contributed by atoms with Gasteiger partial charge in [0.05, 0.1) is 0 Å². The number of thioether (sulfide) groups is 1. The molecule has 0 amide bonds. The predicted octanol–water partition coefficient (Wildman–Crippen LogP) is 6.38. The van der Waals surface area contributed by atoms with Gasteiger partial charge in [0.15, 0.2) is 11.0 Å². The van der Waals surface area contributed by atoms with Crippen molar-refractivity contribution in [2.45, 2.75) is 32.5 Å². The maximum absolute atomic E-state index is 13.4. The molecule has 6 nitrogen and oxygen atoms in total. The van der Waals surface area contributed by atoms with Crippen molar-refractivity contribution in [1.82, 2.24) is 19.3 Å². The summed E-state index contributed by atoms with van der Waals surface area (Å²) >= 11 is 7.04. The summed E-state index contributed by atoms with van der Waals surface area (Å²) in [6, 6.07) is 15.4. The highest BCUT2D eigenvalue weighted by atomic mass is 35.5. The van der Waals surface area contributed by atoms with E-state index in [9.17, 15) is 14.3 Å². The summed E-state index contributed by atoms with van der Waals surface area (Å²) in [5, 5.41) is 19.6. The van der Waals surface area contributed by atoms with Crippen LogP contribution >= 0.6 is 23.4 Å². The Morgan fingerprint density at radius 1 is 1.12 bits per heavy atom. The number of carboxylic acid groups (broad SMARTS) is 1. The molecule has 0 atom stereocenters. The van der Waals surface area contributed by atoms with Crippen molar-refractivity contribution < 1.29 is 14.3 Å². The molecule has 34 heavy (non-hydrogen) atoms. The summed E-state index contributed by atoms with van der Waals surface area (Å²) in [5.74, 6) is -0.731. The minimum Gasteiger partial charge on any atom is -0.477 e. The van der Waals surface area contributed by atoms with E-state index in [2.05, 4.69) is 10.2 Å². The second kappa shape index (κ2) is 9.87. The highest BCUT2D eigenvalue weighted by Crippen LogP contribution is 2.32. The molecule has 2 heterocycles. The first-order valence-corrected chi connectivity index (χ1v) is 11.7. The van der Waals surface area contributed by atoms with Gasteiger partial charge in [-0.3, -0.25) is 0 Å². The average molecular weight is 497 g/mol. The van der Waals surface area contributed by atoms with Gasteiger partial charge in [-0.05, 0) is 98.8 Å². The fraction of sp³-hybridized carbons (Fsp3) is 0.160. The summed E-state index contributed by atoms with van der Waals surface area (Å²) in [5.41, 5.74) is 4.16. The number of halogens is 2. The molecule has 0 fully saturated rings. The van der Waals surface area contributed by atoms with E-state index < -0.39 is 5.97 Å². The Morgan fingerprint density at radius 2 is 1.79 bits per heavy atom. The first kappa shape index (κ1) is 23.8. The molecule has 0 spiro atoms. The molecule has 0 bridgehead atoms. The third kappa shape index (κ3) is 4.78. The molecule has 4 rings (SSSR count). The minimum absolute atomic E-state index is 0.115. The zero-order valence-electron chi connectivity index (χ0n) is 18.8. The van der Waals surface area contributed by atoms with Crippen LogP contribution in [0.5, 0.6) is 0 Å². The van der Waals surface area contributed by atoms with E-state index in [1.54, 1.807) is 30.3 Å². The van der Waals surface area contributed by atoms with E-state index in [1.807, 2.05) is 48.1 Å². The van der Waals surface area contributed by atoms with Crippen molar-refractivity contribution in [2.75, 3.05) is 0 Å². The van der Waals surface area contributed by atoms with Crippen molar-refractivity contribution in [2.24, 2.45) is 0 Å². The third-order valence-corrected chi connectivity index (χ3v) is 6.64. The first-order chi connectivity index (χ1) is 16.3. The lowest BCUT2D eigenvalue weighted by atomic mass is 10.2. The molecule has 0 saturated carbocycles. The lowest BCUT2D eigenvalue weighted by Crippen LogP contribution is -2.03. The van der Waals surface area contributed by atoms with Crippen LogP contribution in [0.1, 0.15) is 23.9 Å². The van der Waals surface area contributed by atoms with E-state index in [0.29, 0.717) is 22.5 Å². The zero-order valence-corrected chi connectivity index (χ0v) is 20.4. The van der Waals surface area contributed by atoms with Gasteiger partial charge in [0.1, 0.15) is 10.7 Å². The van der Waals surface area contributed by atoms with Gasteiger partial charge in [0.2, 0.25) is 0 Å². The van der Waals surface area contributed by atoms with Gasteiger partial charge >= 0.3 is 5.97 Å². The van der Waals surface area contributed by atoms with Gasteiger partial charge in [-0.1, -0.05) is 11.6 Å². The Balaban J connectivity index is 1.70. The Bertz CT molecular complexity index is 1380. The van der Waals surface area contributed by atoms with Crippen LogP contribution in [0.15, 0.2) is 64.7 Å². The van der Waals surface area contributed by atoms with Crippen molar-refractivity contribution in [1.29, 1.82) is 0 Å². The highest BCUT2D eigenvalue weighted by molar-refractivity contribution is 8.04. The monoisotopic (exact) mass is 496 g/mol. The lowest BCUT2D eigenvalue weighted by molar-refractivity contribution is -0.131. The van der Waals surface area contributed by atoms with Crippen molar-refractivity contribution in [3.8, 4) is 17.1 Å². The zero-order chi connectivity index (χ0) is 24.4. The Kier molecular flexibility index (Phi) is 6.90. The van der Waals surface area contributed by atoms with E-state index >= 15 is 0 Å². The van der Waals surface area contributed by atoms with Crippen LogP contribution in [0.4, 0.5) is 4.39 Å². The fourth-order valence-electron chi connectivity index (χ4n) is 3.76. The second-order valence-electron chi connectivity index (χ2n) is 7.61. The van der Waals surface area contributed by atoms with E-state index in [1.165, 1.54) is 12.1 Å². The average Bonchev–Trinajstić information content (AvgIpc) is 3.34. The smallest absolute Gasteiger partial charge is 0.342 e. The number of aliphatic carboxylic acids is 1. The molecule has 0 unspecified atom stereocenters. The molecule has 0 aliphatic carbocycles. The van der Waals surface area contributed by atoms with Gasteiger partial charge < -0.3 is 14.2 Å². The van der Waals surface area contributed by atoms with Crippen LogP contribution in [0.2, 0.25) is 5.02 Å². The molecule has 2 aromatic heterocycles. The van der Waals surface area contributed by atoms with Crippen LogP contribution in [-0.2, 0) is 11.3 Å². The van der Waals surface area contributed by atoms with Crippen LogP contribution < -0.4 is 0 Å². The number of nitrogens with zero attached hydrogens (tertiary/aromatic N) is 4. The first-order valence-electron chi connectivity index (χ1n) is 10.5. The summed E-state index contributed by atoms with van der Waals surface area (Å²) in [7, 11) is 0. The Hall–Kier alpha value is -3.36. The second-order valence-corrected chi connectivity index (χ2v) is 9.06. The van der Waals surface area contributed by atoms with Gasteiger partial charge in [-0.2, -0.15) is 0 Å². The van der Waals surface area contributed by atoms with Gasteiger partial charge in [0.25, 0.3) is 0 Å². The van der Waals surface area contributed by atoms with Crippen molar-refractivity contribution in [3.05, 3.63) is 87.3 Å². The normalized spacial score (nSPS) is 11.7. The van der Waals surface area contributed by atoms with Gasteiger partial charge in [-0.15, -0.1) is 10.2 Å². The number of hydrogen-bond acceptors (Lipinski definition) is 4. The largest absolute Gasteiger partial charge is 0.477 e. The molecule has 2 aromatic carbocycles. The number of aromatic nitrogens is 4. The summed E-state index contributed by atoms with van der Waals surface area (Å²) in [6.07, 6.45) is 1.63. The van der Waals surface area contributed by atoms with Crippen molar-refractivity contribution >= 4 is 35.4 Å². The van der Waals surface area contributed by atoms with Gasteiger partial charge in [0, 0.05) is 34.2 Å². The molecule has 4 aromatic rings. The molecule has 0 saturated heterocycles. The van der Waals surface area contributed by atoms with Crippen molar-refractivity contribution in [3.63, 3.8) is 0 Å². The standard InChI is InChI=1S/C25H22ClFN4O2S/c1-4-30-23(17-5-7-19(26)8-6-17)28-29-25(30)34-22(24(32)33)14-18-13-15(2)31(16(18)3)21-11-9-20(27)10-12-21/h5-14H,4H2,1-3H3,(H,32,33)/b22-14-.